The maximum atomic E-state index is 11.2. The van der Waals surface area contributed by atoms with Crippen LogP contribution in [0.2, 0.25) is 0 Å². The fourth-order valence-electron chi connectivity index (χ4n) is 4.12. The number of nitrogens with zero attached hydrogens (tertiary/aromatic N) is 4. The van der Waals surface area contributed by atoms with Crippen molar-refractivity contribution >= 4 is 23.7 Å². The first-order valence-corrected chi connectivity index (χ1v) is 8.99. The smallest absolute Gasteiger partial charge is 0.407 e. The van der Waals surface area contributed by atoms with E-state index in [0.717, 1.165) is 18.7 Å². The highest BCUT2D eigenvalue weighted by atomic mass is 16.4. The average molecular weight is 355 g/mol. The van der Waals surface area contributed by atoms with Crippen LogP contribution in [0.25, 0.3) is 0 Å². The Labute approximate surface area is 150 Å². The molecular weight excluding hydrogens is 334 g/mol. The van der Waals surface area contributed by atoms with Gasteiger partial charge in [-0.3, -0.25) is 5.10 Å². The molecule has 2 aliphatic carbocycles. The minimum absolute atomic E-state index is 0.0250. The third-order valence-corrected chi connectivity index (χ3v) is 5.68. The van der Waals surface area contributed by atoms with Crippen LogP contribution < -0.4 is 10.6 Å². The Morgan fingerprint density at radius 1 is 1.38 bits per heavy atom. The van der Waals surface area contributed by atoms with Gasteiger partial charge in [0.15, 0.2) is 5.82 Å². The molecule has 2 bridgehead atoms. The zero-order chi connectivity index (χ0) is 17.7. The van der Waals surface area contributed by atoms with E-state index in [1.807, 2.05) is 6.07 Å². The van der Waals surface area contributed by atoms with Crippen LogP contribution in [0, 0.1) is 5.41 Å². The van der Waals surface area contributed by atoms with Crippen molar-refractivity contribution in [1.82, 2.24) is 25.1 Å². The van der Waals surface area contributed by atoms with Crippen molar-refractivity contribution in [3.63, 3.8) is 0 Å². The average Bonchev–Trinajstić information content (AvgIpc) is 3.07. The molecule has 2 saturated heterocycles. The number of hydrogen-bond donors (Lipinski definition) is 4. The van der Waals surface area contributed by atoms with Gasteiger partial charge >= 0.3 is 6.09 Å². The summed E-state index contributed by atoms with van der Waals surface area (Å²) in [6, 6.07) is 4.01. The molecule has 136 valence electrons. The molecule has 9 nitrogen and oxygen atoms in total. The van der Waals surface area contributed by atoms with Crippen LogP contribution in [0.5, 0.6) is 0 Å². The van der Waals surface area contributed by atoms with Crippen LogP contribution in [0.15, 0.2) is 18.3 Å². The summed E-state index contributed by atoms with van der Waals surface area (Å²) in [4.78, 5) is 21.5. The van der Waals surface area contributed by atoms with Crippen LogP contribution in [-0.4, -0.2) is 55.4 Å². The van der Waals surface area contributed by atoms with Crippen LogP contribution in [0.1, 0.15) is 37.3 Å². The first kappa shape index (κ1) is 15.4. The molecule has 26 heavy (non-hydrogen) atoms. The van der Waals surface area contributed by atoms with Gasteiger partial charge in [-0.2, -0.15) is 10.1 Å². The summed E-state index contributed by atoms with van der Waals surface area (Å²) in [7, 11) is 0. The van der Waals surface area contributed by atoms with E-state index < -0.39 is 6.09 Å². The van der Waals surface area contributed by atoms with Crippen LogP contribution in [0.3, 0.4) is 0 Å². The van der Waals surface area contributed by atoms with E-state index in [4.69, 9.17) is 0 Å². The number of aromatic nitrogens is 4. The number of rotatable bonds is 6. The predicted molar refractivity (Wildman–Crippen MR) is 94.6 cm³/mol. The molecule has 4 N–H and O–H groups in total. The molecule has 0 spiro atoms. The first-order valence-electron chi connectivity index (χ1n) is 8.99. The van der Waals surface area contributed by atoms with Gasteiger partial charge in [-0.05, 0) is 31.7 Å². The summed E-state index contributed by atoms with van der Waals surface area (Å²) in [6.45, 7) is 1.28. The molecule has 0 radical (unpaired) electrons. The molecule has 1 amide bonds. The lowest BCUT2D eigenvalue weighted by Crippen LogP contribution is -2.40. The molecule has 6 rings (SSSR count). The zero-order valence-corrected chi connectivity index (χ0v) is 14.3. The highest BCUT2D eigenvalue weighted by molar-refractivity contribution is 5.67. The molecular formula is C17H21N7O2. The first-order chi connectivity index (χ1) is 12.6. The molecule has 2 aliphatic heterocycles. The minimum atomic E-state index is -0.818. The number of anilines is 3. The zero-order valence-electron chi connectivity index (χ0n) is 14.3. The molecule has 4 fully saturated rings. The lowest BCUT2D eigenvalue weighted by molar-refractivity contribution is 0.138. The summed E-state index contributed by atoms with van der Waals surface area (Å²) < 4.78 is 0. The Hall–Kier alpha value is -2.84. The van der Waals surface area contributed by atoms with Gasteiger partial charge in [0, 0.05) is 48.4 Å². The van der Waals surface area contributed by atoms with Crippen LogP contribution in [-0.2, 0) is 0 Å². The molecule has 2 aromatic rings. The third kappa shape index (κ3) is 2.73. The van der Waals surface area contributed by atoms with E-state index in [0.29, 0.717) is 30.8 Å². The number of carboxylic acid groups (broad SMARTS) is 1. The normalized spacial score (nSPS) is 26.5. The molecule has 4 heterocycles. The van der Waals surface area contributed by atoms with E-state index in [-0.39, 0.29) is 11.5 Å². The van der Waals surface area contributed by atoms with E-state index in [9.17, 15) is 9.90 Å². The van der Waals surface area contributed by atoms with Gasteiger partial charge in [0.2, 0.25) is 5.95 Å². The van der Waals surface area contributed by atoms with Crippen molar-refractivity contribution in [2.45, 2.75) is 37.6 Å². The van der Waals surface area contributed by atoms with Crippen molar-refractivity contribution in [1.29, 1.82) is 0 Å². The largest absolute Gasteiger partial charge is 0.465 e. The van der Waals surface area contributed by atoms with Gasteiger partial charge in [-0.15, -0.1) is 0 Å². The number of carbonyl (C=O) groups is 1. The van der Waals surface area contributed by atoms with E-state index >= 15 is 0 Å². The molecule has 2 aromatic heterocycles. The van der Waals surface area contributed by atoms with Crippen LogP contribution >= 0.6 is 0 Å². The van der Waals surface area contributed by atoms with Crippen molar-refractivity contribution in [2.75, 3.05) is 23.7 Å². The van der Waals surface area contributed by atoms with Gasteiger partial charge in [0.1, 0.15) is 5.82 Å². The number of hydrogen-bond acceptors (Lipinski definition) is 6. The van der Waals surface area contributed by atoms with Crippen LogP contribution in [0.4, 0.5) is 22.4 Å². The highest BCUT2D eigenvalue weighted by Gasteiger charge is 2.56. The predicted octanol–water partition coefficient (Wildman–Crippen LogP) is 2.38. The van der Waals surface area contributed by atoms with Crippen molar-refractivity contribution in [2.24, 2.45) is 5.41 Å². The number of aromatic amines is 1. The van der Waals surface area contributed by atoms with Crippen molar-refractivity contribution in [3.05, 3.63) is 24.0 Å². The molecule has 9 heteroatoms. The molecule has 4 aliphatic rings. The van der Waals surface area contributed by atoms with Gasteiger partial charge in [-0.25, -0.2) is 9.78 Å². The summed E-state index contributed by atoms with van der Waals surface area (Å²) >= 11 is 0. The van der Waals surface area contributed by atoms with Gasteiger partial charge in [0.05, 0.1) is 0 Å². The highest BCUT2D eigenvalue weighted by Crippen LogP contribution is 2.51. The van der Waals surface area contributed by atoms with E-state index in [1.165, 1.54) is 18.5 Å². The second-order valence-corrected chi connectivity index (χ2v) is 7.70. The Bertz CT molecular complexity index is 841. The van der Waals surface area contributed by atoms with Gasteiger partial charge in [0.25, 0.3) is 0 Å². The van der Waals surface area contributed by atoms with Gasteiger partial charge < -0.3 is 20.6 Å². The fourth-order valence-corrected chi connectivity index (χ4v) is 4.12. The topological polar surface area (TPSA) is 119 Å². The second-order valence-electron chi connectivity index (χ2n) is 7.70. The number of H-pyrrole nitrogens is 1. The van der Waals surface area contributed by atoms with E-state index in [1.54, 1.807) is 17.2 Å². The Balaban J connectivity index is 1.21. The maximum Gasteiger partial charge on any atom is 0.407 e. The third-order valence-electron chi connectivity index (χ3n) is 5.68. The summed E-state index contributed by atoms with van der Waals surface area (Å²) in [5.41, 5.74) is 1.19. The Morgan fingerprint density at radius 3 is 2.96 bits per heavy atom. The summed E-state index contributed by atoms with van der Waals surface area (Å²) in [6.07, 6.45) is 5.17. The van der Waals surface area contributed by atoms with Gasteiger partial charge in [-0.1, -0.05) is 0 Å². The van der Waals surface area contributed by atoms with E-state index in [2.05, 4.69) is 30.8 Å². The summed E-state index contributed by atoms with van der Waals surface area (Å²) in [5.74, 6) is 2.60. The lowest BCUT2D eigenvalue weighted by Gasteiger charge is -2.36. The van der Waals surface area contributed by atoms with Crippen molar-refractivity contribution < 1.29 is 9.90 Å². The minimum Gasteiger partial charge on any atom is -0.465 e. The maximum absolute atomic E-state index is 11.2. The molecule has 2 saturated carbocycles. The molecule has 0 unspecified atom stereocenters. The molecule has 0 aromatic carbocycles. The number of nitrogens with one attached hydrogen (secondary N) is 3. The lowest BCUT2D eigenvalue weighted by atomic mass is 9.70. The number of amides is 1. The standard InChI is InChI=1S/C17H21N7O2/c25-16(26)24-9-17(6-11(24)7-17)8-19-15-18-4-3-13(21-15)20-14-5-12(22-23-14)10-1-2-10/h3-5,10-11H,1-2,6-9H2,(H,25,26)(H3,18,19,20,21,22,23). The summed E-state index contributed by atoms with van der Waals surface area (Å²) in [5, 5.41) is 23.0. The second kappa shape index (κ2) is 5.58. The fraction of sp³-hybridized carbons (Fsp3) is 0.529. The monoisotopic (exact) mass is 355 g/mol. The van der Waals surface area contributed by atoms with Crippen molar-refractivity contribution in [3.8, 4) is 0 Å². The molecule has 0 atom stereocenters. The Kier molecular flexibility index (Phi) is 3.31. The quantitative estimate of drug-likeness (QED) is 0.628. The number of fused-ring (bicyclic) bond motifs is 1. The SMILES string of the molecule is O=C(O)N1CC2(CNc3nccc(Nc4cc(C5CC5)[nH]n4)n3)CC1C2. The Morgan fingerprint density at radius 2 is 2.23 bits per heavy atom.